The Morgan fingerprint density at radius 2 is 1.75 bits per heavy atom. The quantitative estimate of drug-likeness (QED) is 0.662. The lowest BCUT2D eigenvalue weighted by molar-refractivity contribution is -0.116. The molecule has 3 aromatic rings. The Morgan fingerprint density at radius 1 is 1.11 bits per heavy atom. The van der Waals surface area contributed by atoms with E-state index < -0.39 is 9.84 Å². The second-order valence-corrected chi connectivity index (χ2v) is 8.80. The van der Waals surface area contributed by atoms with E-state index in [1.807, 2.05) is 31.2 Å². The molecule has 0 bridgehead atoms. The van der Waals surface area contributed by atoms with E-state index in [-0.39, 0.29) is 40.2 Å². The van der Waals surface area contributed by atoms with Gasteiger partial charge in [-0.25, -0.2) is 13.2 Å². The van der Waals surface area contributed by atoms with Crippen LogP contribution in [0.15, 0.2) is 52.2 Å². The van der Waals surface area contributed by atoms with Gasteiger partial charge in [-0.05, 0) is 37.3 Å². The number of carbonyl (C=O) groups excluding carboxylic acids is 1. The molecule has 0 saturated carbocycles. The third kappa shape index (κ3) is 3.98. The van der Waals surface area contributed by atoms with Crippen molar-refractivity contribution in [2.75, 3.05) is 11.6 Å². The van der Waals surface area contributed by atoms with Crippen molar-refractivity contribution in [3.05, 3.63) is 58.0 Å². The predicted molar refractivity (Wildman–Crippen MR) is 110 cm³/mol. The van der Waals surface area contributed by atoms with Crippen LogP contribution in [0.4, 0.5) is 5.69 Å². The summed E-state index contributed by atoms with van der Waals surface area (Å²) in [6.45, 7) is 2.62. The first kappa shape index (κ1) is 20.2. The smallest absolute Gasteiger partial charge is 0.325 e. The summed E-state index contributed by atoms with van der Waals surface area (Å²) in [5.74, 6) is -0.368. The molecule has 0 spiro atoms. The number of nitrogens with zero attached hydrogens (tertiary/aromatic N) is 2. The summed E-state index contributed by atoms with van der Waals surface area (Å²) in [5, 5.41) is 2.86. The van der Waals surface area contributed by atoms with Gasteiger partial charge < -0.3 is 5.32 Å². The summed E-state index contributed by atoms with van der Waals surface area (Å²) in [6, 6.07) is 11.5. The van der Waals surface area contributed by atoms with Crippen molar-refractivity contribution in [3.8, 4) is 0 Å². The molecule has 3 rings (SSSR count). The highest BCUT2D eigenvalue weighted by atomic mass is 35.5. The highest BCUT2D eigenvalue weighted by Crippen LogP contribution is 2.25. The second-order valence-electron chi connectivity index (χ2n) is 6.38. The van der Waals surface area contributed by atoms with Gasteiger partial charge in [0, 0.05) is 25.8 Å². The fraction of sp³-hybridized carbons (Fsp3) is 0.263. The molecule has 0 aliphatic rings. The zero-order valence-corrected chi connectivity index (χ0v) is 17.0. The molecule has 0 unspecified atom stereocenters. The summed E-state index contributed by atoms with van der Waals surface area (Å²) in [4.78, 5) is 25.1. The first-order chi connectivity index (χ1) is 13.2. The van der Waals surface area contributed by atoms with Crippen molar-refractivity contribution in [1.82, 2.24) is 9.13 Å². The van der Waals surface area contributed by atoms with Crippen molar-refractivity contribution < 1.29 is 13.2 Å². The summed E-state index contributed by atoms with van der Waals surface area (Å²) < 4.78 is 26.6. The number of hydrogen-bond acceptors (Lipinski definition) is 4. The van der Waals surface area contributed by atoms with E-state index in [0.29, 0.717) is 6.54 Å². The lowest BCUT2D eigenvalue weighted by Crippen LogP contribution is -2.25. The lowest BCUT2D eigenvalue weighted by Gasteiger charge is -2.09. The van der Waals surface area contributed by atoms with Crippen molar-refractivity contribution >= 4 is 44.1 Å². The van der Waals surface area contributed by atoms with Gasteiger partial charge in [0.2, 0.25) is 5.91 Å². The first-order valence-electron chi connectivity index (χ1n) is 8.70. The van der Waals surface area contributed by atoms with E-state index >= 15 is 0 Å². The van der Waals surface area contributed by atoms with E-state index in [2.05, 4.69) is 5.32 Å². The van der Waals surface area contributed by atoms with Gasteiger partial charge in [0.05, 0.1) is 26.6 Å². The van der Waals surface area contributed by atoms with Gasteiger partial charge in [-0.3, -0.25) is 13.9 Å². The maximum Gasteiger partial charge on any atom is 0.329 e. The number of benzene rings is 2. The largest absolute Gasteiger partial charge is 0.329 e. The average Bonchev–Trinajstić information content (AvgIpc) is 2.91. The predicted octanol–water partition coefficient (Wildman–Crippen LogP) is 2.91. The maximum absolute atomic E-state index is 12.6. The summed E-state index contributed by atoms with van der Waals surface area (Å²) in [5.41, 5.74) is 1.63. The van der Waals surface area contributed by atoms with Crippen LogP contribution >= 0.6 is 11.6 Å². The Kier molecular flexibility index (Phi) is 5.62. The molecule has 0 saturated heterocycles. The van der Waals surface area contributed by atoms with Crippen LogP contribution in [0.3, 0.4) is 0 Å². The Bertz CT molecular complexity index is 1210. The van der Waals surface area contributed by atoms with Gasteiger partial charge in [0.1, 0.15) is 0 Å². The molecule has 1 heterocycles. The number of carbonyl (C=O) groups is 1. The number of fused-ring (bicyclic) bond motifs is 1. The molecular formula is C19H20ClN3O4S. The molecule has 1 N–H and O–H groups in total. The van der Waals surface area contributed by atoms with E-state index in [9.17, 15) is 18.0 Å². The molecule has 0 radical (unpaired) electrons. The van der Waals surface area contributed by atoms with Gasteiger partial charge in [0.15, 0.2) is 9.84 Å². The Morgan fingerprint density at radius 3 is 2.36 bits per heavy atom. The number of hydrogen-bond donors (Lipinski definition) is 1. The molecule has 28 heavy (non-hydrogen) atoms. The number of halogens is 1. The molecule has 2 aromatic carbocycles. The zero-order valence-electron chi connectivity index (χ0n) is 15.5. The second kappa shape index (κ2) is 7.81. The van der Waals surface area contributed by atoms with E-state index in [0.717, 1.165) is 17.3 Å². The molecule has 7 nitrogen and oxygen atoms in total. The number of amides is 1. The fourth-order valence-corrected chi connectivity index (χ4v) is 3.86. The SMILES string of the molecule is CCn1c(=O)n(CCC(=O)Nc2cc(S(C)(=O)=O)ccc2Cl)c2ccccc21. The Balaban J connectivity index is 1.80. The Labute approximate surface area is 167 Å². The van der Waals surface area contributed by atoms with Crippen molar-refractivity contribution in [2.45, 2.75) is 31.3 Å². The van der Waals surface area contributed by atoms with Gasteiger partial charge in [-0.2, -0.15) is 0 Å². The van der Waals surface area contributed by atoms with Gasteiger partial charge >= 0.3 is 5.69 Å². The molecule has 1 amide bonds. The number of aromatic nitrogens is 2. The van der Waals surface area contributed by atoms with E-state index in [1.165, 1.54) is 18.2 Å². The van der Waals surface area contributed by atoms with Crippen molar-refractivity contribution in [2.24, 2.45) is 0 Å². The summed E-state index contributed by atoms with van der Waals surface area (Å²) >= 11 is 6.06. The highest BCUT2D eigenvalue weighted by Gasteiger charge is 2.15. The van der Waals surface area contributed by atoms with Crippen LogP contribution in [-0.2, 0) is 27.7 Å². The van der Waals surface area contributed by atoms with Crippen LogP contribution in [-0.4, -0.2) is 29.7 Å². The number of imidazole rings is 1. The monoisotopic (exact) mass is 421 g/mol. The molecule has 1 aromatic heterocycles. The minimum absolute atomic E-state index is 0.0388. The summed E-state index contributed by atoms with van der Waals surface area (Å²) in [6.07, 6.45) is 1.12. The van der Waals surface area contributed by atoms with Crippen LogP contribution in [0.1, 0.15) is 13.3 Å². The topological polar surface area (TPSA) is 90.2 Å². The number of nitrogens with one attached hydrogen (secondary N) is 1. The average molecular weight is 422 g/mol. The van der Waals surface area contributed by atoms with Crippen LogP contribution in [0.5, 0.6) is 0 Å². The third-order valence-electron chi connectivity index (χ3n) is 4.44. The minimum atomic E-state index is -3.42. The minimum Gasteiger partial charge on any atom is -0.325 e. The van der Waals surface area contributed by atoms with Crippen molar-refractivity contribution in [1.29, 1.82) is 0 Å². The van der Waals surface area contributed by atoms with Crippen molar-refractivity contribution in [3.63, 3.8) is 0 Å². The number of rotatable bonds is 6. The van der Waals surface area contributed by atoms with Gasteiger partial charge in [-0.15, -0.1) is 0 Å². The Hall–Kier alpha value is -2.58. The highest BCUT2D eigenvalue weighted by molar-refractivity contribution is 7.90. The normalized spacial score (nSPS) is 11.7. The number of sulfone groups is 1. The third-order valence-corrected chi connectivity index (χ3v) is 5.88. The molecule has 0 fully saturated rings. The summed E-state index contributed by atoms with van der Waals surface area (Å²) in [7, 11) is -3.42. The number of para-hydroxylation sites is 2. The van der Waals surface area contributed by atoms with Crippen LogP contribution in [0.2, 0.25) is 5.02 Å². The molecule has 0 atom stereocenters. The fourth-order valence-electron chi connectivity index (χ4n) is 3.05. The van der Waals surface area contributed by atoms with Crippen LogP contribution in [0, 0.1) is 0 Å². The maximum atomic E-state index is 12.6. The van der Waals surface area contributed by atoms with Gasteiger partial charge in [0.25, 0.3) is 0 Å². The standard InChI is InChI=1S/C19H20ClN3O4S/c1-3-22-16-6-4-5-7-17(16)23(19(22)25)11-10-18(24)21-15-12-13(28(2,26)27)8-9-14(15)20/h4-9,12H,3,10-11H2,1-2H3,(H,21,24). The lowest BCUT2D eigenvalue weighted by atomic mass is 10.3. The molecule has 0 aliphatic heterocycles. The van der Waals surface area contributed by atoms with Gasteiger partial charge in [-0.1, -0.05) is 23.7 Å². The van der Waals surface area contributed by atoms with E-state index in [1.54, 1.807) is 9.13 Å². The molecular weight excluding hydrogens is 402 g/mol. The first-order valence-corrected chi connectivity index (χ1v) is 11.0. The molecule has 148 valence electrons. The van der Waals surface area contributed by atoms with Crippen LogP contribution < -0.4 is 11.0 Å². The molecule has 9 heteroatoms. The zero-order chi connectivity index (χ0) is 20.5. The molecule has 0 aliphatic carbocycles. The van der Waals surface area contributed by atoms with Crippen LogP contribution in [0.25, 0.3) is 11.0 Å². The number of aryl methyl sites for hydroxylation is 2. The number of anilines is 1. The van der Waals surface area contributed by atoms with E-state index in [4.69, 9.17) is 11.6 Å².